The first kappa shape index (κ1) is 15.6. The molecule has 0 fully saturated rings. The summed E-state index contributed by atoms with van der Waals surface area (Å²) < 4.78 is 6.16. The number of amides is 1. The molecular formula is C16H16ClNO2S. The molecule has 0 radical (unpaired) electrons. The van der Waals surface area contributed by atoms with Gasteiger partial charge in [0.05, 0.1) is 12.1 Å². The van der Waals surface area contributed by atoms with E-state index in [-0.39, 0.29) is 5.91 Å². The Hall–Kier alpha value is -1.78. The number of halogens is 1. The molecule has 3 nitrogen and oxygen atoms in total. The summed E-state index contributed by atoms with van der Waals surface area (Å²) in [6.45, 7) is 8.26. The molecular weight excluding hydrogens is 306 g/mol. The van der Waals surface area contributed by atoms with Crippen LogP contribution in [0.1, 0.15) is 9.67 Å². The van der Waals surface area contributed by atoms with Crippen molar-refractivity contribution in [3.63, 3.8) is 0 Å². The van der Waals surface area contributed by atoms with E-state index in [0.717, 1.165) is 15.8 Å². The molecule has 110 valence electrons. The van der Waals surface area contributed by atoms with E-state index >= 15 is 0 Å². The van der Waals surface area contributed by atoms with Gasteiger partial charge in [-0.05, 0) is 18.2 Å². The van der Waals surface area contributed by atoms with Crippen LogP contribution in [0.4, 0.5) is 0 Å². The van der Waals surface area contributed by atoms with Gasteiger partial charge in [0.1, 0.15) is 10.6 Å². The van der Waals surface area contributed by atoms with Gasteiger partial charge in [-0.1, -0.05) is 23.8 Å². The third kappa shape index (κ3) is 3.12. The van der Waals surface area contributed by atoms with Gasteiger partial charge in [-0.2, -0.15) is 0 Å². The van der Waals surface area contributed by atoms with Gasteiger partial charge in [-0.25, -0.2) is 0 Å². The van der Waals surface area contributed by atoms with E-state index in [2.05, 4.69) is 13.2 Å². The highest BCUT2D eigenvalue weighted by atomic mass is 35.5. The number of hydrogen-bond acceptors (Lipinski definition) is 3. The molecule has 2 rings (SSSR count). The molecule has 0 saturated carbocycles. The number of carbonyl (C=O) groups is 1. The fourth-order valence-electron chi connectivity index (χ4n) is 2.01. The Bertz CT molecular complexity index is 683. The number of thiophene rings is 1. The fraction of sp³-hybridized carbons (Fsp3) is 0.188. The van der Waals surface area contributed by atoms with Crippen LogP contribution in [0.5, 0.6) is 5.75 Å². The molecule has 2 aromatic rings. The molecule has 0 aliphatic rings. The number of ether oxygens (including phenoxy) is 1. The van der Waals surface area contributed by atoms with Gasteiger partial charge in [0.2, 0.25) is 0 Å². The topological polar surface area (TPSA) is 29.5 Å². The average Bonchev–Trinajstić information content (AvgIpc) is 2.83. The van der Waals surface area contributed by atoms with Crippen LogP contribution >= 0.6 is 22.9 Å². The summed E-state index contributed by atoms with van der Waals surface area (Å²) in [4.78, 5) is 14.8. The Morgan fingerprint density at radius 3 is 2.62 bits per heavy atom. The van der Waals surface area contributed by atoms with Crippen molar-refractivity contribution in [2.45, 2.75) is 0 Å². The summed E-state index contributed by atoms with van der Waals surface area (Å²) in [6, 6.07) is 5.61. The predicted octanol–water partition coefficient (Wildman–Crippen LogP) is 4.38. The zero-order chi connectivity index (χ0) is 15.4. The van der Waals surface area contributed by atoms with Crippen molar-refractivity contribution >= 4 is 38.9 Å². The number of nitrogens with zero attached hydrogens (tertiary/aromatic N) is 1. The van der Waals surface area contributed by atoms with E-state index in [1.165, 1.54) is 11.3 Å². The maximum absolute atomic E-state index is 12.6. The minimum Gasteiger partial charge on any atom is -0.497 e. The molecule has 0 unspecified atom stereocenters. The van der Waals surface area contributed by atoms with Gasteiger partial charge >= 0.3 is 0 Å². The van der Waals surface area contributed by atoms with E-state index in [9.17, 15) is 4.79 Å². The summed E-state index contributed by atoms with van der Waals surface area (Å²) in [6.07, 6.45) is 3.37. The van der Waals surface area contributed by atoms with Crippen LogP contribution in [0.25, 0.3) is 10.1 Å². The van der Waals surface area contributed by atoms with E-state index in [4.69, 9.17) is 16.3 Å². The fourth-order valence-corrected chi connectivity index (χ4v) is 3.46. The Balaban J connectivity index is 2.45. The van der Waals surface area contributed by atoms with Gasteiger partial charge in [0, 0.05) is 23.2 Å². The predicted molar refractivity (Wildman–Crippen MR) is 89.7 cm³/mol. The van der Waals surface area contributed by atoms with E-state index < -0.39 is 0 Å². The highest BCUT2D eigenvalue weighted by Gasteiger charge is 2.21. The molecule has 1 aromatic carbocycles. The number of benzene rings is 1. The van der Waals surface area contributed by atoms with Gasteiger partial charge in [-0.15, -0.1) is 24.5 Å². The van der Waals surface area contributed by atoms with Crippen LogP contribution < -0.4 is 4.74 Å². The lowest BCUT2D eigenvalue weighted by Crippen LogP contribution is -2.30. The summed E-state index contributed by atoms with van der Waals surface area (Å²) in [5, 5.41) is 1.30. The van der Waals surface area contributed by atoms with Crippen molar-refractivity contribution in [1.29, 1.82) is 0 Å². The minimum atomic E-state index is -0.111. The van der Waals surface area contributed by atoms with Crippen molar-refractivity contribution in [3.05, 3.63) is 53.4 Å². The smallest absolute Gasteiger partial charge is 0.266 e. The SMILES string of the molecule is C=CCN(CC=C)C(=O)c1sc2ccc(OC)cc2c1Cl. The second kappa shape index (κ2) is 6.78. The summed E-state index contributed by atoms with van der Waals surface area (Å²) in [5.74, 6) is 0.607. The number of fused-ring (bicyclic) bond motifs is 1. The van der Waals surface area contributed by atoms with Gasteiger partial charge < -0.3 is 9.64 Å². The molecule has 0 N–H and O–H groups in total. The molecule has 0 atom stereocenters. The largest absolute Gasteiger partial charge is 0.497 e. The minimum absolute atomic E-state index is 0.111. The Morgan fingerprint density at radius 2 is 2.05 bits per heavy atom. The number of rotatable bonds is 6. The zero-order valence-electron chi connectivity index (χ0n) is 11.8. The number of carbonyl (C=O) groups excluding carboxylic acids is 1. The summed E-state index contributed by atoms with van der Waals surface area (Å²) in [5.41, 5.74) is 0. The van der Waals surface area contributed by atoms with Gasteiger partial charge in [-0.3, -0.25) is 4.79 Å². The highest BCUT2D eigenvalue weighted by molar-refractivity contribution is 7.21. The van der Waals surface area contributed by atoms with E-state index in [0.29, 0.717) is 23.0 Å². The normalized spacial score (nSPS) is 10.4. The van der Waals surface area contributed by atoms with Gasteiger partial charge in [0.15, 0.2) is 0 Å². The van der Waals surface area contributed by atoms with Crippen molar-refractivity contribution in [3.8, 4) is 5.75 Å². The third-order valence-electron chi connectivity index (χ3n) is 3.02. The average molecular weight is 322 g/mol. The lowest BCUT2D eigenvalue weighted by atomic mass is 10.2. The monoisotopic (exact) mass is 321 g/mol. The molecule has 0 saturated heterocycles. The van der Waals surface area contributed by atoms with Crippen molar-refractivity contribution in [1.82, 2.24) is 4.90 Å². The highest BCUT2D eigenvalue weighted by Crippen LogP contribution is 2.37. The maximum atomic E-state index is 12.6. The van der Waals surface area contributed by atoms with Crippen LogP contribution in [-0.2, 0) is 0 Å². The Morgan fingerprint density at radius 1 is 1.38 bits per heavy atom. The lowest BCUT2D eigenvalue weighted by Gasteiger charge is -2.18. The quantitative estimate of drug-likeness (QED) is 0.739. The molecule has 0 spiro atoms. The van der Waals surface area contributed by atoms with E-state index in [1.54, 1.807) is 24.2 Å². The molecule has 0 bridgehead atoms. The van der Waals surface area contributed by atoms with Crippen LogP contribution in [0.2, 0.25) is 5.02 Å². The summed E-state index contributed by atoms with van der Waals surface area (Å²) >= 11 is 7.76. The van der Waals surface area contributed by atoms with Gasteiger partial charge in [0.25, 0.3) is 5.91 Å². The molecule has 5 heteroatoms. The Labute approximate surface area is 133 Å². The molecule has 1 aromatic heterocycles. The third-order valence-corrected chi connectivity index (χ3v) is 4.68. The Kier molecular flexibility index (Phi) is 5.04. The maximum Gasteiger partial charge on any atom is 0.266 e. The first-order chi connectivity index (χ1) is 10.1. The number of hydrogen-bond donors (Lipinski definition) is 0. The first-order valence-corrected chi connectivity index (χ1v) is 7.59. The molecule has 0 aliphatic heterocycles. The molecule has 21 heavy (non-hydrogen) atoms. The standard InChI is InChI=1S/C16H16ClNO2S/c1-4-8-18(9-5-2)16(19)15-14(17)12-10-11(20-3)6-7-13(12)21-15/h4-7,10H,1-2,8-9H2,3H3. The van der Waals surface area contributed by atoms with Crippen molar-refractivity contribution in [2.24, 2.45) is 0 Å². The van der Waals surface area contributed by atoms with Crippen LogP contribution in [0.15, 0.2) is 43.5 Å². The van der Waals surface area contributed by atoms with Crippen LogP contribution in [-0.4, -0.2) is 31.0 Å². The number of methoxy groups -OCH3 is 1. The lowest BCUT2D eigenvalue weighted by molar-refractivity contribution is 0.0796. The molecule has 1 heterocycles. The molecule has 0 aliphatic carbocycles. The van der Waals surface area contributed by atoms with Crippen LogP contribution in [0, 0.1) is 0 Å². The van der Waals surface area contributed by atoms with Crippen LogP contribution in [0.3, 0.4) is 0 Å². The second-order valence-electron chi connectivity index (χ2n) is 4.39. The van der Waals surface area contributed by atoms with Crippen molar-refractivity contribution in [2.75, 3.05) is 20.2 Å². The zero-order valence-corrected chi connectivity index (χ0v) is 13.3. The van der Waals surface area contributed by atoms with Crippen molar-refractivity contribution < 1.29 is 9.53 Å². The summed E-state index contributed by atoms with van der Waals surface area (Å²) in [7, 11) is 1.60. The molecule has 1 amide bonds. The van der Waals surface area contributed by atoms with E-state index in [1.807, 2.05) is 18.2 Å². The second-order valence-corrected chi connectivity index (χ2v) is 5.82. The first-order valence-electron chi connectivity index (χ1n) is 6.39.